The van der Waals surface area contributed by atoms with Crippen molar-refractivity contribution in [3.05, 3.63) is 21.9 Å². The van der Waals surface area contributed by atoms with Crippen molar-refractivity contribution in [1.82, 2.24) is 0 Å². The number of Topliss-reactive ketones (excluding diaryl/α,β-unsaturated/α-hetero) is 1. The summed E-state index contributed by atoms with van der Waals surface area (Å²) >= 11 is 1.34. The third kappa shape index (κ3) is 3.51. The number of hydrogen-bond acceptors (Lipinski definition) is 3. The zero-order valence-electron chi connectivity index (χ0n) is 7.63. The molecule has 0 unspecified atom stereocenters. The minimum Gasteiger partial charge on any atom is -0.367 e. The molecule has 0 fully saturated rings. The Kier molecular flexibility index (Phi) is 4.16. The van der Waals surface area contributed by atoms with Crippen LogP contribution in [0.2, 0.25) is 0 Å². The van der Waals surface area contributed by atoms with Crippen molar-refractivity contribution in [3.8, 4) is 0 Å². The highest BCUT2D eigenvalue weighted by molar-refractivity contribution is 7.14. The van der Waals surface area contributed by atoms with E-state index in [4.69, 9.17) is 0 Å². The fourth-order valence-electron chi connectivity index (χ4n) is 0.896. The Labute approximate surface area is 84.5 Å². The summed E-state index contributed by atoms with van der Waals surface area (Å²) in [5.74, 6) is -0.247. The second kappa shape index (κ2) is 5.17. The van der Waals surface area contributed by atoms with Crippen molar-refractivity contribution >= 4 is 17.1 Å². The average molecular weight is 220 g/mol. The van der Waals surface area contributed by atoms with E-state index in [1.54, 1.807) is 6.07 Å². The molecule has 0 N–H and O–H groups in total. The summed E-state index contributed by atoms with van der Waals surface area (Å²) in [6.07, 6.45) is -2.52. The Hall–Kier alpha value is -0.810. The highest BCUT2D eigenvalue weighted by Gasteiger charge is 2.09. The number of hydrogen-bond donors (Lipinski definition) is 0. The van der Waals surface area contributed by atoms with E-state index in [0.717, 1.165) is 4.88 Å². The van der Waals surface area contributed by atoms with E-state index in [9.17, 15) is 13.6 Å². The molecule has 0 amide bonds. The average Bonchev–Trinajstić information content (AvgIpc) is 2.51. The van der Waals surface area contributed by atoms with E-state index in [1.807, 2.05) is 13.0 Å². The standard InChI is InChI=1S/C9H10F2O2S/c1-6-2-3-8(14-6)7(12)4-13-5-9(10)11/h2-3,9H,4-5H2,1H3. The Morgan fingerprint density at radius 3 is 2.79 bits per heavy atom. The van der Waals surface area contributed by atoms with Gasteiger partial charge in [-0.15, -0.1) is 11.3 Å². The van der Waals surface area contributed by atoms with Crippen LogP contribution in [0.1, 0.15) is 14.5 Å². The molecule has 78 valence electrons. The fraction of sp³-hybridized carbons (Fsp3) is 0.444. The number of halogens is 2. The van der Waals surface area contributed by atoms with Crippen molar-refractivity contribution in [3.63, 3.8) is 0 Å². The molecule has 0 atom stereocenters. The van der Waals surface area contributed by atoms with Crippen LogP contribution in [0.4, 0.5) is 8.78 Å². The van der Waals surface area contributed by atoms with Gasteiger partial charge in [-0.3, -0.25) is 4.79 Å². The van der Waals surface area contributed by atoms with Gasteiger partial charge in [0.05, 0.1) is 4.88 Å². The molecule has 0 saturated heterocycles. The molecule has 0 spiro atoms. The van der Waals surface area contributed by atoms with Crippen LogP contribution in [0.15, 0.2) is 12.1 Å². The van der Waals surface area contributed by atoms with Gasteiger partial charge in [-0.2, -0.15) is 0 Å². The first-order valence-electron chi connectivity index (χ1n) is 4.05. The van der Waals surface area contributed by atoms with E-state index >= 15 is 0 Å². The summed E-state index contributed by atoms with van der Waals surface area (Å²) in [4.78, 5) is 12.8. The summed E-state index contributed by atoms with van der Waals surface area (Å²) in [5.41, 5.74) is 0. The minimum absolute atomic E-state index is 0.247. The summed E-state index contributed by atoms with van der Waals surface area (Å²) in [7, 11) is 0. The molecule has 0 aliphatic rings. The lowest BCUT2D eigenvalue weighted by Crippen LogP contribution is -2.12. The Balaban J connectivity index is 2.36. The molecule has 0 aliphatic carbocycles. The molecule has 0 bridgehead atoms. The van der Waals surface area contributed by atoms with Crippen LogP contribution in [0.3, 0.4) is 0 Å². The molecule has 2 nitrogen and oxygen atoms in total. The monoisotopic (exact) mass is 220 g/mol. The quantitative estimate of drug-likeness (QED) is 0.713. The largest absolute Gasteiger partial charge is 0.367 e. The predicted octanol–water partition coefficient (Wildman–Crippen LogP) is 2.52. The number of thiophene rings is 1. The third-order valence-electron chi connectivity index (χ3n) is 1.49. The van der Waals surface area contributed by atoms with Gasteiger partial charge in [-0.05, 0) is 19.1 Å². The van der Waals surface area contributed by atoms with Crippen LogP contribution >= 0.6 is 11.3 Å². The summed E-state index contributed by atoms with van der Waals surface area (Å²) < 4.78 is 27.8. The second-order valence-corrected chi connectivity index (χ2v) is 4.03. The maximum absolute atomic E-state index is 11.7. The highest BCUT2D eigenvalue weighted by atomic mass is 32.1. The molecule has 0 aliphatic heterocycles. The molecule has 1 rings (SSSR count). The number of ketones is 1. The van der Waals surface area contributed by atoms with E-state index in [1.165, 1.54) is 11.3 Å². The van der Waals surface area contributed by atoms with Gasteiger partial charge < -0.3 is 4.74 Å². The van der Waals surface area contributed by atoms with Gasteiger partial charge in [0.1, 0.15) is 13.2 Å². The van der Waals surface area contributed by atoms with Gasteiger partial charge in [-0.25, -0.2) is 8.78 Å². The van der Waals surface area contributed by atoms with Crippen molar-refractivity contribution in [2.75, 3.05) is 13.2 Å². The van der Waals surface area contributed by atoms with Gasteiger partial charge in [0, 0.05) is 4.88 Å². The second-order valence-electron chi connectivity index (χ2n) is 2.74. The van der Waals surface area contributed by atoms with Gasteiger partial charge in [0.25, 0.3) is 6.43 Å². The zero-order chi connectivity index (χ0) is 10.6. The smallest absolute Gasteiger partial charge is 0.261 e. The molecule has 1 aromatic heterocycles. The Morgan fingerprint density at radius 2 is 2.29 bits per heavy atom. The van der Waals surface area contributed by atoms with Crippen LogP contribution in [0.5, 0.6) is 0 Å². The van der Waals surface area contributed by atoms with Crippen molar-refractivity contribution in [2.45, 2.75) is 13.3 Å². The first-order valence-corrected chi connectivity index (χ1v) is 4.87. The van der Waals surface area contributed by atoms with Crippen LogP contribution in [0.25, 0.3) is 0 Å². The number of carbonyl (C=O) groups excluding carboxylic acids is 1. The minimum atomic E-state index is -2.52. The van der Waals surface area contributed by atoms with Crippen molar-refractivity contribution in [1.29, 1.82) is 0 Å². The first kappa shape index (κ1) is 11.3. The van der Waals surface area contributed by atoms with Crippen molar-refractivity contribution in [2.24, 2.45) is 0 Å². The number of alkyl halides is 2. The molecular weight excluding hydrogens is 210 g/mol. The third-order valence-corrected chi connectivity index (χ3v) is 2.53. The maximum Gasteiger partial charge on any atom is 0.261 e. The molecule has 14 heavy (non-hydrogen) atoms. The number of rotatable bonds is 5. The molecule has 0 radical (unpaired) electrons. The summed E-state index contributed by atoms with van der Waals surface area (Å²) in [5, 5.41) is 0. The molecule has 5 heteroatoms. The lowest BCUT2D eigenvalue weighted by Gasteiger charge is -2.00. The van der Waals surface area contributed by atoms with E-state index in [-0.39, 0.29) is 12.4 Å². The lowest BCUT2D eigenvalue weighted by atomic mass is 10.3. The molecule has 1 aromatic rings. The summed E-state index contributed by atoms with van der Waals surface area (Å²) in [6, 6.07) is 3.49. The van der Waals surface area contributed by atoms with Crippen LogP contribution < -0.4 is 0 Å². The molecule has 0 aromatic carbocycles. The van der Waals surface area contributed by atoms with Crippen LogP contribution in [0, 0.1) is 6.92 Å². The number of aryl methyl sites for hydroxylation is 1. The van der Waals surface area contributed by atoms with Gasteiger partial charge in [-0.1, -0.05) is 0 Å². The lowest BCUT2D eigenvalue weighted by molar-refractivity contribution is 0.0197. The molecular formula is C9H10F2O2S. The van der Waals surface area contributed by atoms with E-state index < -0.39 is 13.0 Å². The normalized spacial score (nSPS) is 10.9. The maximum atomic E-state index is 11.7. The van der Waals surface area contributed by atoms with Crippen LogP contribution in [-0.2, 0) is 4.74 Å². The summed E-state index contributed by atoms with van der Waals surface area (Å²) in [6.45, 7) is 0.919. The fourth-order valence-corrected chi connectivity index (χ4v) is 1.69. The topological polar surface area (TPSA) is 26.3 Å². The number of ether oxygens (including phenoxy) is 1. The molecule has 1 heterocycles. The van der Waals surface area contributed by atoms with E-state index in [0.29, 0.717) is 4.88 Å². The Bertz CT molecular complexity index is 310. The van der Waals surface area contributed by atoms with E-state index in [2.05, 4.69) is 4.74 Å². The van der Waals surface area contributed by atoms with Crippen LogP contribution in [-0.4, -0.2) is 25.4 Å². The highest BCUT2D eigenvalue weighted by Crippen LogP contribution is 2.15. The van der Waals surface area contributed by atoms with Gasteiger partial charge in [0.15, 0.2) is 5.78 Å². The first-order chi connectivity index (χ1) is 6.59. The molecule has 0 saturated carbocycles. The Morgan fingerprint density at radius 1 is 1.57 bits per heavy atom. The SMILES string of the molecule is Cc1ccc(C(=O)COCC(F)F)s1. The zero-order valence-corrected chi connectivity index (χ0v) is 8.44. The van der Waals surface area contributed by atoms with Gasteiger partial charge in [0.2, 0.25) is 0 Å². The number of carbonyl (C=O) groups is 1. The predicted molar refractivity (Wildman–Crippen MR) is 50.2 cm³/mol. The van der Waals surface area contributed by atoms with Crippen molar-refractivity contribution < 1.29 is 18.3 Å². The van der Waals surface area contributed by atoms with Gasteiger partial charge >= 0.3 is 0 Å².